The number of nitrogens with zero attached hydrogens (tertiary/aromatic N) is 1. The molecule has 1 unspecified atom stereocenters. The van der Waals surface area contributed by atoms with E-state index in [2.05, 4.69) is 37.9 Å². The second kappa shape index (κ2) is 11.0. The minimum atomic E-state index is -0.622. The van der Waals surface area contributed by atoms with Gasteiger partial charge in [0.15, 0.2) is 0 Å². The second-order valence-corrected chi connectivity index (χ2v) is 9.27. The van der Waals surface area contributed by atoms with Gasteiger partial charge in [-0.1, -0.05) is 57.6 Å². The number of hydrogen-bond acceptors (Lipinski definition) is 3. The molecule has 1 aliphatic rings. The van der Waals surface area contributed by atoms with E-state index in [9.17, 15) is 14.4 Å². The van der Waals surface area contributed by atoms with Gasteiger partial charge < -0.3 is 4.90 Å². The summed E-state index contributed by atoms with van der Waals surface area (Å²) in [5.74, 6) is 5.84. The molecule has 1 aromatic carbocycles. The largest absolute Gasteiger partial charge is 0.329 e. The van der Waals surface area contributed by atoms with Crippen LogP contribution in [0.5, 0.6) is 0 Å². The molecule has 1 heterocycles. The van der Waals surface area contributed by atoms with Crippen molar-refractivity contribution < 1.29 is 14.4 Å². The fraction of sp³-hybridized carbons (Fsp3) is 0.560. The van der Waals surface area contributed by atoms with Crippen molar-refractivity contribution in [2.24, 2.45) is 5.41 Å². The van der Waals surface area contributed by atoms with E-state index in [1.165, 1.54) is 24.2 Å². The highest BCUT2D eigenvalue weighted by atomic mass is 16.2. The van der Waals surface area contributed by atoms with Gasteiger partial charge in [-0.25, -0.2) is 0 Å². The van der Waals surface area contributed by atoms with Crippen LogP contribution in [0.1, 0.15) is 82.4 Å². The van der Waals surface area contributed by atoms with E-state index in [4.69, 9.17) is 0 Å². The van der Waals surface area contributed by atoms with Crippen LogP contribution in [0, 0.1) is 24.2 Å². The summed E-state index contributed by atoms with van der Waals surface area (Å²) in [5, 5.41) is 2.32. The third-order valence-corrected chi connectivity index (χ3v) is 5.45. The number of carbonyl (C=O) groups is 3. The molecule has 1 N–H and O–H groups in total. The Morgan fingerprint density at radius 3 is 2.63 bits per heavy atom. The van der Waals surface area contributed by atoms with Crippen molar-refractivity contribution in [3.63, 3.8) is 0 Å². The first kappa shape index (κ1) is 23.7. The van der Waals surface area contributed by atoms with Gasteiger partial charge in [0, 0.05) is 24.9 Å². The highest BCUT2D eigenvalue weighted by Gasteiger charge is 2.31. The fourth-order valence-corrected chi connectivity index (χ4v) is 3.63. The molecule has 2 rings (SSSR count). The predicted molar refractivity (Wildman–Crippen MR) is 118 cm³/mol. The smallest absolute Gasteiger partial charge is 0.249 e. The quantitative estimate of drug-likeness (QED) is 0.304. The lowest BCUT2D eigenvalue weighted by atomic mass is 9.89. The molecule has 1 saturated heterocycles. The number of piperidine rings is 1. The van der Waals surface area contributed by atoms with Crippen LogP contribution >= 0.6 is 0 Å². The molecular weight excluding hydrogens is 376 g/mol. The minimum absolute atomic E-state index is 0.246. The first-order valence-electron chi connectivity index (χ1n) is 10.8. The van der Waals surface area contributed by atoms with Crippen molar-refractivity contribution in [3.8, 4) is 11.8 Å². The van der Waals surface area contributed by atoms with Crippen molar-refractivity contribution in [2.75, 3.05) is 0 Å². The molecule has 0 bridgehead atoms. The number of amides is 3. The number of rotatable bonds is 8. The third kappa shape index (κ3) is 7.33. The molecule has 1 atom stereocenters. The van der Waals surface area contributed by atoms with Gasteiger partial charge >= 0.3 is 0 Å². The molecule has 1 fully saturated rings. The second-order valence-electron chi connectivity index (χ2n) is 9.27. The Morgan fingerprint density at radius 2 is 1.97 bits per heavy atom. The van der Waals surface area contributed by atoms with Crippen LogP contribution in [0.4, 0.5) is 0 Å². The average Bonchev–Trinajstić information content (AvgIpc) is 2.66. The Morgan fingerprint density at radius 1 is 1.20 bits per heavy atom. The van der Waals surface area contributed by atoms with E-state index >= 15 is 0 Å². The third-order valence-electron chi connectivity index (χ3n) is 5.45. The maximum absolute atomic E-state index is 12.2. The molecule has 162 valence electrons. The lowest BCUT2D eigenvalue weighted by Gasteiger charge is -2.30. The molecule has 5 nitrogen and oxygen atoms in total. The normalized spacial score (nSPS) is 16.5. The summed E-state index contributed by atoms with van der Waals surface area (Å²) in [4.78, 5) is 36.8. The minimum Gasteiger partial charge on any atom is -0.329 e. The number of imide groups is 1. The van der Waals surface area contributed by atoms with E-state index in [0.717, 1.165) is 29.5 Å². The Balaban J connectivity index is 2.01. The first-order valence-corrected chi connectivity index (χ1v) is 10.8. The molecule has 1 aliphatic heterocycles. The van der Waals surface area contributed by atoms with Gasteiger partial charge in [0.2, 0.25) is 18.2 Å². The lowest BCUT2D eigenvalue weighted by molar-refractivity contribution is -0.141. The Kier molecular flexibility index (Phi) is 8.65. The van der Waals surface area contributed by atoms with Crippen LogP contribution < -0.4 is 5.32 Å². The monoisotopic (exact) mass is 410 g/mol. The summed E-state index contributed by atoms with van der Waals surface area (Å²) < 4.78 is 0. The number of nitrogens with one attached hydrogen (secondary N) is 1. The number of unbranched alkanes of at least 4 members (excludes halogenated alkanes) is 3. The lowest BCUT2D eigenvalue weighted by Crippen LogP contribution is -2.51. The highest BCUT2D eigenvalue weighted by molar-refractivity contribution is 6.00. The molecule has 5 heteroatoms. The Labute approximate surface area is 180 Å². The fourth-order valence-electron chi connectivity index (χ4n) is 3.63. The van der Waals surface area contributed by atoms with Crippen molar-refractivity contribution >= 4 is 18.2 Å². The van der Waals surface area contributed by atoms with E-state index < -0.39 is 11.9 Å². The van der Waals surface area contributed by atoms with Gasteiger partial charge in [-0.15, -0.1) is 0 Å². The van der Waals surface area contributed by atoms with Crippen LogP contribution in [-0.2, 0) is 20.9 Å². The van der Waals surface area contributed by atoms with E-state index in [1.807, 2.05) is 25.1 Å². The van der Waals surface area contributed by atoms with Crippen molar-refractivity contribution in [2.45, 2.75) is 85.2 Å². The zero-order chi connectivity index (χ0) is 22.1. The summed E-state index contributed by atoms with van der Waals surface area (Å²) in [6.07, 6.45) is 6.86. The summed E-state index contributed by atoms with van der Waals surface area (Å²) in [6, 6.07) is 5.29. The van der Waals surface area contributed by atoms with Crippen LogP contribution in [-0.4, -0.2) is 29.2 Å². The summed E-state index contributed by atoms with van der Waals surface area (Å²) in [7, 11) is 0. The highest BCUT2D eigenvalue weighted by Crippen LogP contribution is 2.22. The van der Waals surface area contributed by atoms with Gasteiger partial charge in [0.1, 0.15) is 6.04 Å². The van der Waals surface area contributed by atoms with Crippen molar-refractivity contribution in [1.29, 1.82) is 0 Å². The van der Waals surface area contributed by atoms with Gasteiger partial charge in [-0.2, -0.15) is 0 Å². The van der Waals surface area contributed by atoms with Crippen LogP contribution in [0.3, 0.4) is 0 Å². The molecule has 0 spiro atoms. The summed E-state index contributed by atoms with van der Waals surface area (Å²) in [5.41, 5.74) is 3.26. The zero-order valence-corrected chi connectivity index (χ0v) is 18.7. The number of carbonyl (C=O) groups excluding carboxylic acids is 3. The first-order chi connectivity index (χ1) is 14.2. The number of aryl methyl sites for hydroxylation is 1. The molecule has 1 aromatic rings. The van der Waals surface area contributed by atoms with E-state index in [0.29, 0.717) is 24.8 Å². The molecule has 0 aromatic heterocycles. The van der Waals surface area contributed by atoms with Crippen LogP contribution in [0.25, 0.3) is 0 Å². The Hall–Kier alpha value is -2.61. The summed E-state index contributed by atoms with van der Waals surface area (Å²) >= 11 is 0. The van der Waals surface area contributed by atoms with Gasteiger partial charge in [-0.3, -0.25) is 19.7 Å². The topological polar surface area (TPSA) is 66.5 Å². The predicted octanol–water partition coefficient (Wildman–Crippen LogP) is 4.11. The van der Waals surface area contributed by atoms with Crippen molar-refractivity contribution in [3.05, 3.63) is 34.9 Å². The standard InChI is InChI=1S/C25H34N2O3/c1-19-11-10-13-20(12-8-6-5-7-9-16-25(2,3)4)21(19)17-27(18-28)22-14-15-23(29)26-24(22)30/h10-11,13,18,22H,5-7,9,14-17H2,1-4H3,(H,26,29,30). The SMILES string of the molecule is Cc1cccc(C#CCCCCCC(C)(C)C)c1CN(C=O)C1CCC(=O)NC1=O. The van der Waals surface area contributed by atoms with Gasteiger partial charge in [0.25, 0.3) is 0 Å². The van der Waals surface area contributed by atoms with Gasteiger partial charge in [0.05, 0.1) is 0 Å². The molecule has 0 radical (unpaired) electrons. The number of hydrogen-bond donors (Lipinski definition) is 1. The molecule has 0 saturated carbocycles. The zero-order valence-electron chi connectivity index (χ0n) is 18.7. The van der Waals surface area contributed by atoms with Gasteiger partial charge in [-0.05, 0) is 48.8 Å². The van der Waals surface area contributed by atoms with E-state index in [-0.39, 0.29) is 12.3 Å². The molecule has 3 amide bonds. The Bertz CT molecular complexity index is 827. The van der Waals surface area contributed by atoms with Crippen LogP contribution in [0.2, 0.25) is 0 Å². The maximum atomic E-state index is 12.2. The molecule has 30 heavy (non-hydrogen) atoms. The molecular formula is C25H34N2O3. The summed E-state index contributed by atoms with van der Waals surface area (Å²) in [6.45, 7) is 9.09. The number of benzene rings is 1. The maximum Gasteiger partial charge on any atom is 0.249 e. The van der Waals surface area contributed by atoms with Crippen molar-refractivity contribution in [1.82, 2.24) is 10.2 Å². The average molecular weight is 411 g/mol. The van der Waals surface area contributed by atoms with Crippen LogP contribution in [0.15, 0.2) is 18.2 Å². The van der Waals surface area contributed by atoms with E-state index in [1.54, 1.807) is 0 Å². The molecule has 0 aliphatic carbocycles.